The molecular weight excluding hydrogens is 268 g/mol. The summed E-state index contributed by atoms with van der Waals surface area (Å²) in [7, 11) is 0. The molecule has 1 amide bonds. The van der Waals surface area contributed by atoms with Gasteiger partial charge in [0.25, 0.3) is 0 Å². The molecule has 0 saturated heterocycles. The summed E-state index contributed by atoms with van der Waals surface area (Å²) >= 11 is 5.65. The molecule has 0 saturated carbocycles. The van der Waals surface area contributed by atoms with Crippen molar-refractivity contribution in [3.63, 3.8) is 0 Å². The van der Waals surface area contributed by atoms with Crippen molar-refractivity contribution in [2.24, 2.45) is 5.92 Å². The Morgan fingerprint density at radius 3 is 2.63 bits per heavy atom. The maximum absolute atomic E-state index is 11.8. The SMILES string of the molecule is CC[C@H](C)[C@H](NC(=O)Cc1ccc(Cl)nc1)C(=O)O. The number of carboxylic acids is 1. The average molecular weight is 285 g/mol. The summed E-state index contributed by atoms with van der Waals surface area (Å²) in [5.74, 6) is -1.47. The topological polar surface area (TPSA) is 79.3 Å². The molecule has 0 aromatic carbocycles. The number of rotatable bonds is 6. The molecule has 6 heteroatoms. The van der Waals surface area contributed by atoms with E-state index in [1.54, 1.807) is 19.1 Å². The van der Waals surface area contributed by atoms with E-state index >= 15 is 0 Å². The lowest BCUT2D eigenvalue weighted by Crippen LogP contribution is -2.45. The van der Waals surface area contributed by atoms with Gasteiger partial charge in [-0.3, -0.25) is 4.79 Å². The lowest BCUT2D eigenvalue weighted by Gasteiger charge is -2.20. The van der Waals surface area contributed by atoms with E-state index in [0.717, 1.165) is 0 Å². The Kier molecular flexibility index (Phi) is 5.76. The third-order valence-electron chi connectivity index (χ3n) is 2.95. The molecule has 1 rings (SSSR count). The lowest BCUT2D eigenvalue weighted by molar-refractivity contribution is -0.143. The first-order chi connectivity index (χ1) is 8.93. The van der Waals surface area contributed by atoms with Gasteiger partial charge in [-0.2, -0.15) is 0 Å². The van der Waals surface area contributed by atoms with Gasteiger partial charge in [-0.05, 0) is 17.5 Å². The van der Waals surface area contributed by atoms with Crippen LogP contribution in [0.1, 0.15) is 25.8 Å². The van der Waals surface area contributed by atoms with E-state index in [0.29, 0.717) is 17.1 Å². The molecule has 0 spiro atoms. The highest BCUT2D eigenvalue weighted by atomic mass is 35.5. The third-order valence-corrected chi connectivity index (χ3v) is 3.17. The molecule has 0 radical (unpaired) electrons. The minimum atomic E-state index is -1.02. The lowest BCUT2D eigenvalue weighted by atomic mass is 9.99. The molecule has 1 aromatic rings. The van der Waals surface area contributed by atoms with Crippen LogP contribution >= 0.6 is 11.6 Å². The average Bonchev–Trinajstić information content (AvgIpc) is 2.37. The maximum Gasteiger partial charge on any atom is 0.326 e. The first kappa shape index (κ1) is 15.4. The molecule has 0 bridgehead atoms. The number of hydrogen-bond acceptors (Lipinski definition) is 3. The summed E-state index contributed by atoms with van der Waals surface area (Å²) in [5.41, 5.74) is 0.690. The maximum atomic E-state index is 11.8. The Labute approximate surface area is 117 Å². The predicted molar refractivity (Wildman–Crippen MR) is 72.0 cm³/mol. The van der Waals surface area contributed by atoms with E-state index < -0.39 is 12.0 Å². The number of halogens is 1. The number of nitrogens with one attached hydrogen (secondary N) is 1. The van der Waals surface area contributed by atoms with E-state index in [4.69, 9.17) is 16.7 Å². The summed E-state index contributed by atoms with van der Waals surface area (Å²) in [6, 6.07) is 2.42. The number of carbonyl (C=O) groups excluding carboxylic acids is 1. The van der Waals surface area contributed by atoms with E-state index in [1.807, 2.05) is 6.92 Å². The van der Waals surface area contributed by atoms with Crippen molar-refractivity contribution in [2.75, 3.05) is 0 Å². The normalized spacial score (nSPS) is 13.6. The van der Waals surface area contributed by atoms with Crippen LogP contribution in [0.25, 0.3) is 0 Å². The molecule has 104 valence electrons. The summed E-state index contributed by atoms with van der Waals surface area (Å²) < 4.78 is 0. The van der Waals surface area contributed by atoms with Crippen molar-refractivity contribution < 1.29 is 14.7 Å². The summed E-state index contributed by atoms with van der Waals surface area (Å²) in [6.45, 7) is 3.68. The summed E-state index contributed by atoms with van der Waals surface area (Å²) in [4.78, 5) is 26.8. The number of pyridine rings is 1. The van der Waals surface area contributed by atoms with Gasteiger partial charge in [-0.15, -0.1) is 0 Å². The number of hydrogen-bond donors (Lipinski definition) is 2. The second-order valence-electron chi connectivity index (χ2n) is 4.43. The Hall–Kier alpha value is -1.62. The van der Waals surface area contributed by atoms with Gasteiger partial charge in [-0.1, -0.05) is 37.9 Å². The molecule has 1 heterocycles. The van der Waals surface area contributed by atoms with Gasteiger partial charge in [0, 0.05) is 6.20 Å². The number of aromatic nitrogens is 1. The quantitative estimate of drug-likeness (QED) is 0.782. The molecule has 0 aliphatic carbocycles. The van der Waals surface area contributed by atoms with Gasteiger partial charge in [-0.25, -0.2) is 9.78 Å². The highest BCUT2D eigenvalue weighted by molar-refractivity contribution is 6.29. The molecule has 0 aliphatic heterocycles. The fraction of sp³-hybridized carbons (Fsp3) is 0.462. The molecule has 2 atom stereocenters. The highest BCUT2D eigenvalue weighted by Crippen LogP contribution is 2.09. The smallest absolute Gasteiger partial charge is 0.326 e. The Balaban J connectivity index is 2.62. The first-order valence-corrected chi connectivity index (χ1v) is 6.44. The molecule has 0 aliphatic rings. The third kappa shape index (κ3) is 4.87. The number of amides is 1. The Morgan fingerprint density at radius 2 is 2.16 bits per heavy atom. The van der Waals surface area contributed by atoms with Crippen molar-refractivity contribution in [2.45, 2.75) is 32.7 Å². The van der Waals surface area contributed by atoms with Gasteiger partial charge in [0.05, 0.1) is 6.42 Å². The van der Waals surface area contributed by atoms with E-state index in [9.17, 15) is 9.59 Å². The van der Waals surface area contributed by atoms with Crippen LogP contribution in [0, 0.1) is 5.92 Å². The first-order valence-electron chi connectivity index (χ1n) is 6.06. The van der Waals surface area contributed by atoms with Crippen molar-refractivity contribution in [1.29, 1.82) is 0 Å². The van der Waals surface area contributed by atoms with Crippen molar-refractivity contribution in [3.05, 3.63) is 29.0 Å². The molecule has 1 aromatic heterocycles. The number of carbonyl (C=O) groups is 2. The van der Waals surface area contributed by atoms with Crippen molar-refractivity contribution >= 4 is 23.5 Å². The largest absolute Gasteiger partial charge is 0.480 e. The van der Waals surface area contributed by atoms with Gasteiger partial charge in [0.2, 0.25) is 5.91 Å². The number of carboxylic acid groups (broad SMARTS) is 1. The van der Waals surface area contributed by atoms with Crippen LogP contribution in [0.4, 0.5) is 0 Å². The van der Waals surface area contributed by atoms with E-state index in [-0.39, 0.29) is 18.2 Å². The zero-order chi connectivity index (χ0) is 14.4. The Bertz CT molecular complexity index is 448. The zero-order valence-corrected chi connectivity index (χ0v) is 11.6. The van der Waals surface area contributed by atoms with Gasteiger partial charge < -0.3 is 10.4 Å². The van der Waals surface area contributed by atoms with Gasteiger partial charge in [0.1, 0.15) is 11.2 Å². The molecule has 5 nitrogen and oxygen atoms in total. The van der Waals surface area contributed by atoms with Gasteiger partial charge >= 0.3 is 5.97 Å². The summed E-state index contributed by atoms with van der Waals surface area (Å²) in [5, 5.41) is 12.0. The van der Waals surface area contributed by atoms with E-state index in [2.05, 4.69) is 10.3 Å². The van der Waals surface area contributed by atoms with Crippen LogP contribution in [0.2, 0.25) is 5.15 Å². The van der Waals surface area contributed by atoms with Crippen LogP contribution in [0.15, 0.2) is 18.3 Å². The fourth-order valence-corrected chi connectivity index (χ4v) is 1.72. The molecule has 0 unspecified atom stereocenters. The standard InChI is InChI=1S/C13H17ClN2O3/c1-3-8(2)12(13(18)19)16-11(17)6-9-4-5-10(14)15-7-9/h4-5,7-8,12H,3,6H2,1-2H3,(H,16,17)(H,18,19)/t8-,12-/m0/s1. The van der Waals surface area contributed by atoms with Crippen molar-refractivity contribution in [1.82, 2.24) is 10.3 Å². The highest BCUT2D eigenvalue weighted by Gasteiger charge is 2.25. The molecule has 19 heavy (non-hydrogen) atoms. The predicted octanol–water partition coefficient (Wildman–Crippen LogP) is 1.89. The van der Waals surface area contributed by atoms with Crippen LogP contribution < -0.4 is 5.32 Å². The Morgan fingerprint density at radius 1 is 1.47 bits per heavy atom. The minimum Gasteiger partial charge on any atom is -0.480 e. The second kappa shape index (κ2) is 7.09. The van der Waals surface area contributed by atoms with Gasteiger partial charge in [0.15, 0.2) is 0 Å². The minimum absolute atomic E-state index is 0.0877. The summed E-state index contributed by atoms with van der Waals surface area (Å²) in [6.07, 6.45) is 2.27. The van der Waals surface area contributed by atoms with Crippen LogP contribution in [-0.4, -0.2) is 28.0 Å². The molecular formula is C13H17ClN2O3. The second-order valence-corrected chi connectivity index (χ2v) is 4.82. The van der Waals surface area contributed by atoms with Crippen LogP contribution in [0.5, 0.6) is 0 Å². The van der Waals surface area contributed by atoms with Crippen LogP contribution in [0.3, 0.4) is 0 Å². The number of nitrogens with zero attached hydrogens (tertiary/aromatic N) is 1. The van der Waals surface area contributed by atoms with Crippen molar-refractivity contribution in [3.8, 4) is 0 Å². The number of aliphatic carboxylic acids is 1. The van der Waals surface area contributed by atoms with E-state index in [1.165, 1.54) is 6.20 Å². The zero-order valence-electron chi connectivity index (χ0n) is 10.9. The molecule has 2 N–H and O–H groups in total. The van der Waals surface area contributed by atoms with Crippen LogP contribution in [-0.2, 0) is 16.0 Å². The fourth-order valence-electron chi connectivity index (χ4n) is 1.60. The molecule has 0 fully saturated rings. The monoisotopic (exact) mass is 284 g/mol.